The number of ether oxygens (including phenoxy) is 1. The summed E-state index contributed by atoms with van der Waals surface area (Å²) in [6.45, 7) is 1.72. The van der Waals surface area contributed by atoms with E-state index >= 15 is 0 Å². The summed E-state index contributed by atoms with van der Waals surface area (Å²) in [5, 5.41) is 18.9. The van der Waals surface area contributed by atoms with Gasteiger partial charge in [-0.1, -0.05) is 18.2 Å². The highest BCUT2D eigenvalue weighted by Gasteiger charge is 2.29. The van der Waals surface area contributed by atoms with Crippen molar-refractivity contribution in [1.29, 1.82) is 0 Å². The number of hydrogen-bond acceptors (Lipinski definition) is 4. The fourth-order valence-corrected chi connectivity index (χ4v) is 2.05. The SMILES string of the molecule is COc1ccccc1CN1C[C@@H](O)[C@@H](O)C1. The minimum atomic E-state index is -0.630. The van der Waals surface area contributed by atoms with Crippen molar-refractivity contribution in [1.82, 2.24) is 4.90 Å². The van der Waals surface area contributed by atoms with Gasteiger partial charge in [0.1, 0.15) is 5.75 Å². The quantitative estimate of drug-likeness (QED) is 0.770. The molecule has 88 valence electrons. The van der Waals surface area contributed by atoms with Gasteiger partial charge in [-0.2, -0.15) is 0 Å². The number of para-hydroxylation sites is 1. The van der Waals surface area contributed by atoms with Crippen molar-refractivity contribution in [2.45, 2.75) is 18.8 Å². The van der Waals surface area contributed by atoms with E-state index in [1.54, 1.807) is 7.11 Å². The summed E-state index contributed by atoms with van der Waals surface area (Å²) in [4.78, 5) is 2.02. The van der Waals surface area contributed by atoms with Crippen molar-refractivity contribution in [3.8, 4) is 5.75 Å². The molecule has 0 unspecified atom stereocenters. The van der Waals surface area contributed by atoms with Gasteiger partial charge in [0.05, 0.1) is 19.3 Å². The zero-order chi connectivity index (χ0) is 11.5. The smallest absolute Gasteiger partial charge is 0.123 e. The van der Waals surface area contributed by atoms with Crippen LogP contribution in [0.1, 0.15) is 5.56 Å². The normalized spacial score (nSPS) is 25.9. The van der Waals surface area contributed by atoms with Gasteiger partial charge >= 0.3 is 0 Å². The molecule has 1 heterocycles. The van der Waals surface area contributed by atoms with Crippen LogP contribution in [0.3, 0.4) is 0 Å². The zero-order valence-corrected chi connectivity index (χ0v) is 9.34. The molecule has 4 heteroatoms. The van der Waals surface area contributed by atoms with Crippen molar-refractivity contribution in [2.75, 3.05) is 20.2 Å². The van der Waals surface area contributed by atoms with Crippen molar-refractivity contribution in [3.05, 3.63) is 29.8 Å². The monoisotopic (exact) mass is 223 g/mol. The van der Waals surface area contributed by atoms with Crippen LogP contribution >= 0.6 is 0 Å². The molecule has 0 amide bonds. The Bertz CT molecular complexity index is 346. The maximum Gasteiger partial charge on any atom is 0.123 e. The predicted molar refractivity (Wildman–Crippen MR) is 60.3 cm³/mol. The number of aliphatic hydroxyl groups is 2. The molecule has 1 saturated heterocycles. The molecule has 1 aliphatic heterocycles. The van der Waals surface area contributed by atoms with Gasteiger partial charge in [-0.3, -0.25) is 4.90 Å². The summed E-state index contributed by atoms with van der Waals surface area (Å²) in [5.41, 5.74) is 1.08. The number of β-amino-alcohol motifs (C(OH)–C–C–N with tert-alkyl or cyclic N) is 2. The van der Waals surface area contributed by atoms with Crippen molar-refractivity contribution < 1.29 is 14.9 Å². The highest BCUT2D eigenvalue weighted by Crippen LogP contribution is 2.21. The van der Waals surface area contributed by atoms with Crippen LogP contribution in [-0.4, -0.2) is 47.5 Å². The molecular weight excluding hydrogens is 206 g/mol. The number of aliphatic hydroxyl groups excluding tert-OH is 2. The van der Waals surface area contributed by atoms with Gasteiger partial charge in [0, 0.05) is 25.2 Å². The summed E-state index contributed by atoms with van der Waals surface area (Å²) in [5.74, 6) is 0.846. The van der Waals surface area contributed by atoms with Crippen LogP contribution in [-0.2, 0) is 6.54 Å². The van der Waals surface area contributed by atoms with Crippen LogP contribution < -0.4 is 4.74 Å². The number of benzene rings is 1. The molecule has 1 aromatic rings. The third kappa shape index (κ3) is 2.35. The first kappa shape index (κ1) is 11.4. The average Bonchev–Trinajstić information content (AvgIpc) is 2.59. The lowest BCUT2D eigenvalue weighted by Gasteiger charge is -2.16. The van der Waals surface area contributed by atoms with Crippen LogP contribution in [0.25, 0.3) is 0 Å². The number of rotatable bonds is 3. The average molecular weight is 223 g/mol. The van der Waals surface area contributed by atoms with E-state index in [2.05, 4.69) is 0 Å². The van der Waals surface area contributed by atoms with Crippen LogP contribution in [0.4, 0.5) is 0 Å². The summed E-state index contributed by atoms with van der Waals surface area (Å²) in [7, 11) is 1.65. The molecule has 2 rings (SSSR count). The molecule has 0 bridgehead atoms. The summed E-state index contributed by atoms with van der Waals surface area (Å²) in [6.07, 6.45) is -1.26. The molecule has 16 heavy (non-hydrogen) atoms. The molecule has 0 aliphatic carbocycles. The second-order valence-corrected chi connectivity index (χ2v) is 4.14. The van der Waals surface area contributed by atoms with Crippen molar-refractivity contribution >= 4 is 0 Å². The molecule has 1 fully saturated rings. The Hall–Kier alpha value is -1.10. The maximum atomic E-state index is 9.45. The van der Waals surface area contributed by atoms with Crippen molar-refractivity contribution in [3.63, 3.8) is 0 Å². The second-order valence-electron chi connectivity index (χ2n) is 4.14. The first-order chi connectivity index (χ1) is 7.70. The maximum absolute atomic E-state index is 9.45. The topological polar surface area (TPSA) is 52.9 Å². The Labute approximate surface area is 95.1 Å². The van der Waals surface area contributed by atoms with Crippen molar-refractivity contribution in [2.24, 2.45) is 0 Å². The van der Waals surface area contributed by atoms with Gasteiger partial charge in [0.25, 0.3) is 0 Å². The van der Waals surface area contributed by atoms with Crippen LogP contribution in [0.2, 0.25) is 0 Å². The Balaban J connectivity index is 2.04. The lowest BCUT2D eigenvalue weighted by atomic mass is 10.2. The minimum absolute atomic E-state index is 0.513. The highest BCUT2D eigenvalue weighted by molar-refractivity contribution is 5.33. The summed E-state index contributed by atoms with van der Waals surface area (Å²) >= 11 is 0. The molecule has 4 nitrogen and oxygen atoms in total. The Kier molecular flexibility index (Phi) is 3.43. The first-order valence-electron chi connectivity index (χ1n) is 5.41. The van der Waals surface area contributed by atoms with E-state index in [9.17, 15) is 10.2 Å². The molecule has 0 radical (unpaired) electrons. The summed E-state index contributed by atoms with van der Waals surface area (Å²) < 4.78 is 5.26. The molecule has 2 atom stereocenters. The van der Waals surface area contributed by atoms with Gasteiger partial charge < -0.3 is 14.9 Å². The molecule has 0 spiro atoms. The Morgan fingerprint density at radius 1 is 1.25 bits per heavy atom. The van der Waals surface area contributed by atoms with E-state index in [0.717, 1.165) is 11.3 Å². The standard InChI is InChI=1S/C12H17NO3/c1-16-12-5-3-2-4-9(12)6-13-7-10(14)11(15)8-13/h2-5,10-11,14-15H,6-8H2,1H3/t10-,11+. The van der Waals surface area contributed by atoms with Gasteiger partial charge in [-0.15, -0.1) is 0 Å². The number of hydrogen-bond donors (Lipinski definition) is 2. The number of methoxy groups -OCH3 is 1. The van der Waals surface area contributed by atoms with Crippen LogP contribution in [0, 0.1) is 0 Å². The zero-order valence-electron chi connectivity index (χ0n) is 9.34. The van der Waals surface area contributed by atoms with Crippen LogP contribution in [0.5, 0.6) is 5.75 Å². The molecule has 1 aromatic carbocycles. The van der Waals surface area contributed by atoms with E-state index in [1.165, 1.54) is 0 Å². The molecule has 2 N–H and O–H groups in total. The first-order valence-corrected chi connectivity index (χ1v) is 5.41. The fourth-order valence-electron chi connectivity index (χ4n) is 2.05. The van der Waals surface area contributed by atoms with E-state index in [1.807, 2.05) is 29.2 Å². The second kappa shape index (κ2) is 4.82. The van der Waals surface area contributed by atoms with Gasteiger partial charge in [-0.25, -0.2) is 0 Å². The third-order valence-electron chi connectivity index (χ3n) is 2.92. The van der Waals surface area contributed by atoms with Gasteiger partial charge in [0.15, 0.2) is 0 Å². The lowest BCUT2D eigenvalue weighted by molar-refractivity contribution is 0.0572. The number of likely N-dealkylation sites (tertiary alicyclic amines) is 1. The van der Waals surface area contributed by atoms with E-state index in [0.29, 0.717) is 19.6 Å². The number of nitrogens with zero attached hydrogens (tertiary/aromatic N) is 1. The van der Waals surface area contributed by atoms with E-state index in [-0.39, 0.29) is 0 Å². The third-order valence-corrected chi connectivity index (χ3v) is 2.92. The van der Waals surface area contributed by atoms with E-state index < -0.39 is 12.2 Å². The van der Waals surface area contributed by atoms with Crippen LogP contribution in [0.15, 0.2) is 24.3 Å². The van der Waals surface area contributed by atoms with Gasteiger partial charge in [-0.05, 0) is 6.07 Å². The summed E-state index contributed by atoms with van der Waals surface area (Å²) in [6, 6.07) is 7.80. The minimum Gasteiger partial charge on any atom is -0.496 e. The Morgan fingerprint density at radius 2 is 1.88 bits per heavy atom. The lowest BCUT2D eigenvalue weighted by Crippen LogP contribution is -2.22. The molecule has 1 aliphatic rings. The largest absolute Gasteiger partial charge is 0.496 e. The Morgan fingerprint density at radius 3 is 2.50 bits per heavy atom. The molecular formula is C12H17NO3. The fraction of sp³-hybridized carbons (Fsp3) is 0.500. The molecule has 0 aromatic heterocycles. The van der Waals surface area contributed by atoms with Gasteiger partial charge in [0.2, 0.25) is 0 Å². The predicted octanol–water partition coefficient (Wildman–Crippen LogP) is 0.233. The molecule has 0 saturated carbocycles. The van der Waals surface area contributed by atoms with E-state index in [4.69, 9.17) is 4.74 Å². The highest BCUT2D eigenvalue weighted by atomic mass is 16.5.